The van der Waals surface area contributed by atoms with Gasteiger partial charge in [-0.3, -0.25) is 4.79 Å². The summed E-state index contributed by atoms with van der Waals surface area (Å²) in [5, 5.41) is 11.9. The number of aliphatic hydroxyl groups is 1. The molecule has 1 saturated carbocycles. The summed E-state index contributed by atoms with van der Waals surface area (Å²) in [4.78, 5) is 12.0. The van der Waals surface area contributed by atoms with Crippen molar-refractivity contribution in [1.82, 2.24) is 5.32 Å². The third-order valence-electron chi connectivity index (χ3n) is 3.97. The van der Waals surface area contributed by atoms with E-state index in [2.05, 4.69) is 12.2 Å². The van der Waals surface area contributed by atoms with Crippen LogP contribution in [0.15, 0.2) is 0 Å². The van der Waals surface area contributed by atoms with Crippen LogP contribution >= 0.6 is 0 Å². The van der Waals surface area contributed by atoms with E-state index in [0.717, 1.165) is 19.3 Å². The lowest BCUT2D eigenvalue weighted by Gasteiger charge is -2.29. The van der Waals surface area contributed by atoms with Gasteiger partial charge in [-0.2, -0.15) is 0 Å². The van der Waals surface area contributed by atoms with Crippen molar-refractivity contribution < 1.29 is 14.6 Å². The van der Waals surface area contributed by atoms with E-state index >= 15 is 0 Å². The normalized spacial score (nSPS) is 26.7. The molecule has 1 aliphatic rings. The van der Waals surface area contributed by atoms with Gasteiger partial charge in [-0.15, -0.1) is 0 Å². The zero-order chi connectivity index (χ0) is 14.3. The maximum atomic E-state index is 12.0. The second kappa shape index (κ2) is 8.54. The van der Waals surface area contributed by atoms with E-state index in [-0.39, 0.29) is 24.7 Å². The van der Waals surface area contributed by atoms with Crippen LogP contribution in [0.5, 0.6) is 0 Å². The Morgan fingerprint density at radius 1 is 1.47 bits per heavy atom. The van der Waals surface area contributed by atoms with Gasteiger partial charge in [0.1, 0.15) is 6.10 Å². The molecule has 0 aromatic rings. The molecule has 4 unspecified atom stereocenters. The smallest absolute Gasteiger partial charge is 0.249 e. The third-order valence-corrected chi connectivity index (χ3v) is 3.97. The standard InChI is InChI=1S/C15H29NO3/c1-4-13(8-9-17)16-15(18)12(3)19-14-7-5-6-11(2)10-14/h11-14,17H,4-10H2,1-3H3,(H,16,18). The summed E-state index contributed by atoms with van der Waals surface area (Å²) in [6.07, 6.45) is 5.86. The van der Waals surface area contributed by atoms with Gasteiger partial charge < -0.3 is 15.2 Å². The molecular formula is C15H29NO3. The summed E-state index contributed by atoms with van der Waals surface area (Å²) in [7, 11) is 0. The molecule has 0 aromatic carbocycles. The number of ether oxygens (including phenoxy) is 1. The van der Waals surface area contributed by atoms with Crippen LogP contribution in [0.2, 0.25) is 0 Å². The Kier molecular flexibility index (Phi) is 7.39. The third kappa shape index (κ3) is 5.91. The molecule has 1 fully saturated rings. The summed E-state index contributed by atoms with van der Waals surface area (Å²) >= 11 is 0. The Balaban J connectivity index is 2.34. The highest BCUT2D eigenvalue weighted by molar-refractivity contribution is 5.80. The highest BCUT2D eigenvalue weighted by Crippen LogP contribution is 2.26. The van der Waals surface area contributed by atoms with Gasteiger partial charge in [0.15, 0.2) is 0 Å². The number of carbonyl (C=O) groups is 1. The van der Waals surface area contributed by atoms with Gasteiger partial charge in [-0.05, 0) is 38.5 Å². The molecule has 0 aliphatic heterocycles. The zero-order valence-electron chi connectivity index (χ0n) is 12.5. The van der Waals surface area contributed by atoms with Gasteiger partial charge in [0, 0.05) is 12.6 Å². The van der Waals surface area contributed by atoms with Crippen molar-refractivity contribution in [2.24, 2.45) is 5.92 Å². The van der Waals surface area contributed by atoms with Gasteiger partial charge in [0.05, 0.1) is 6.10 Å². The fourth-order valence-corrected chi connectivity index (χ4v) is 2.71. The summed E-state index contributed by atoms with van der Waals surface area (Å²) < 4.78 is 5.87. The van der Waals surface area contributed by atoms with Crippen molar-refractivity contribution in [2.75, 3.05) is 6.61 Å². The molecule has 4 heteroatoms. The van der Waals surface area contributed by atoms with Crippen LogP contribution in [0.1, 0.15) is 59.3 Å². The van der Waals surface area contributed by atoms with E-state index in [4.69, 9.17) is 9.84 Å². The van der Waals surface area contributed by atoms with E-state index < -0.39 is 6.10 Å². The number of rotatable bonds is 7. The van der Waals surface area contributed by atoms with Gasteiger partial charge in [-0.1, -0.05) is 26.7 Å². The predicted octanol–water partition coefficient (Wildman–Crippen LogP) is 2.25. The van der Waals surface area contributed by atoms with Gasteiger partial charge in [0.25, 0.3) is 0 Å². The van der Waals surface area contributed by atoms with Gasteiger partial charge in [0.2, 0.25) is 5.91 Å². The summed E-state index contributed by atoms with van der Waals surface area (Å²) in [6.45, 7) is 6.18. The van der Waals surface area contributed by atoms with Crippen molar-refractivity contribution in [3.05, 3.63) is 0 Å². The lowest BCUT2D eigenvalue weighted by Crippen LogP contribution is -2.43. The van der Waals surface area contributed by atoms with Crippen molar-refractivity contribution in [2.45, 2.75) is 77.5 Å². The first kappa shape index (κ1) is 16.4. The molecule has 1 amide bonds. The topological polar surface area (TPSA) is 58.6 Å². The molecule has 2 N–H and O–H groups in total. The van der Waals surface area contributed by atoms with Gasteiger partial charge in [-0.25, -0.2) is 0 Å². The number of carbonyl (C=O) groups excluding carboxylic acids is 1. The predicted molar refractivity (Wildman–Crippen MR) is 75.9 cm³/mol. The monoisotopic (exact) mass is 271 g/mol. The van der Waals surface area contributed by atoms with Gasteiger partial charge >= 0.3 is 0 Å². The fraction of sp³-hybridized carbons (Fsp3) is 0.933. The molecular weight excluding hydrogens is 242 g/mol. The van der Waals surface area contributed by atoms with E-state index in [1.807, 2.05) is 13.8 Å². The highest BCUT2D eigenvalue weighted by atomic mass is 16.5. The molecule has 0 heterocycles. The number of nitrogens with one attached hydrogen (secondary N) is 1. The Hall–Kier alpha value is -0.610. The Labute approximate surface area is 116 Å². The molecule has 0 saturated heterocycles. The minimum absolute atomic E-state index is 0.0498. The van der Waals surface area contributed by atoms with E-state index in [9.17, 15) is 4.79 Å². The molecule has 0 bridgehead atoms. The van der Waals surface area contributed by atoms with Crippen LogP contribution in [-0.4, -0.2) is 35.9 Å². The lowest BCUT2D eigenvalue weighted by atomic mass is 9.88. The first-order valence-corrected chi connectivity index (χ1v) is 7.63. The molecule has 112 valence electrons. The molecule has 0 spiro atoms. The average molecular weight is 271 g/mol. The lowest BCUT2D eigenvalue weighted by molar-refractivity contribution is -0.138. The molecule has 1 aliphatic carbocycles. The summed E-state index contributed by atoms with van der Waals surface area (Å²) in [6, 6.07) is 0.0498. The highest BCUT2D eigenvalue weighted by Gasteiger charge is 2.24. The molecule has 0 radical (unpaired) electrons. The number of aliphatic hydroxyl groups excluding tert-OH is 1. The minimum Gasteiger partial charge on any atom is -0.396 e. The second-order valence-electron chi connectivity index (χ2n) is 5.80. The quantitative estimate of drug-likeness (QED) is 0.746. The van der Waals surface area contributed by atoms with Crippen LogP contribution in [0.25, 0.3) is 0 Å². The van der Waals surface area contributed by atoms with Crippen LogP contribution in [0.3, 0.4) is 0 Å². The number of hydrogen-bond donors (Lipinski definition) is 2. The molecule has 4 nitrogen and oxygen atoms in total. The van der Waals surface area contributed by atoms with E-state index in [1.54, 1.807) is 0 Å². The van der Waals surface area contributed by atoms with Crippen LogP contribution in [0.4, 0.5) is 0 Å². The second-order valence-corrected chi connectivity index (χ2v) is 5.80. The van der Waals surface area contributed by atoms with Crippen LogP contribution in [0, 0.1) is 5.92 Å². The van der Waals surface area contributed by atoms with Crippen molar-refractivity contribution >= 4 is 5.91 Å². The largest absolute Gasteiger partial charge is 0.396 e. The first-order valence-electron chi connectivity index (χ1n) is 7.63. The number of hydrogen-bond acceptors (Lipinski definition) is 3. The van der Waals surface area contributed by atoms with E-state index in [0.29, 0.717) is 12.3 Å². The minimum atomic E-state index is -0.400. The molecule has 1 rings (SSSR count). The maximum Gasteiger partial charge on any atom is 0.249 e. The van der Waals surface area contributed by atoms with E-state index in [1.165, 1.54) is 12.8 Å². The Morgan fingerprint density at radius 2 is 2.21 bits per heavy atom. The number of amides is 1. The average Bonchev–Trinajstić information content (AvgIpc) is 2.38. The zero-order valence-corrected chi connectivity index (χ0v) is 12.5. The van der Waals surface area contributed by atoms with Crippen LogP contribution in [-0.2, 0) is 9.53 Å². The fourth-order valence-electron chi connectivity index (χ4n) is 2.71. The SMILES string of the molecule is CCC(CCO)NC(=O)C(C)OC1CCCC(C)C1. The molecule has 0 aromatic heterocycles. The van der Waals surface area contributed by atoms with Crippen molar-refractivity contribution in [1.29, 1.82) is 0 Å². The van der Waals surface area contributed by atoms with Crippen molar-refractivity contribution in [3.63, 3.8) is 0 Å². The first-order chi connectivity index (χ1) is 9.06. The van der Waals surface area contributed by atoms with Crippen molar-refractivity contribution in [3.8, 4) is 0 Å². The Bertz CT molecular complexity index is 270. The summed E-state index contributed by atoms with van der Waals surface area (Å²) in [5.41, 5.74) is 0. The molecule has 4 atom stereocenters. The maximum absolute atomic E-state index is 12.0. The van der Waals surface area contributed by atoms with Crippen LogP contribution < -0.4 is 5.32 Å². The summed E-state index contributed by atoms with van der Waals surface area (Å²) in [5.74, 6) is 0.644. The Morgan fingerprint density at radius 3 is 2.79 bits per heavy atom. The molecule has 19 heavy (non-hydrogen) atoms.